The Morgan fingerprint density at radius 1 is 1.42 bits per heavy atom. The zero-order valence-corrected chi connectivity index (χ0v) is 7.54. The molecular weight excluding hydrogens is 154 g/mol. The van der Waals surface area contributed by atoms with Crippen LogP contribution in [-0.2, 0) is 4.74 Å². The molecule has 1 atom stereocenters. The first kappa shape index (κ1) is 9.96. The second kappa shape index (κ2) is 5.51. The van der Waals surface area contributed by atoms with E-state index in [9.17, 15) is 0 Å². The predicted molar refractivity (Wildman–Crippen MR) is 47.8 cm³/mol. The predicted octanol–water partition coefficient (Wildman–Crippen LogP) is 0.513. The second-order valence-electron chi connectivity index (χ2n) is 3.58. The van der Waals surface area contributed by atoms with Crippen LogP contribution in [0.3, 0.4) is 0 Å². The molecule has 0 radical (unpaired) electrons. The normalized spacial score (nSPS) is 22.5. The highest BCUT2D eigenvalue weighted by molar-refractivity contribution is 4.67. The van der Waals surface area contributed by atoms with Gasteiger partial charge in [0.2, 0.25) is 0 Å². The molecule has 0 saturated carbocycles. The highest BCUT2D eigenvalue weighted by Crippen LogP contribution is 2.20. The van der Waals surface area contributed by atoms with Crippen LogP contribution in [0.5, 0.6) is 0 Å². The lowest BCUT2D eigenvalue weighted by Crippen LogP contribution is -2.26. The highest BCUT2D eigenvalue weighted by atomic mass is 16.5. The van der Waals surface area contributed by atoms with Gasteiger partial charge < -0.3 is 15.6 Å². The van der Waals surface area contributed by atoms with Crippen molar-refractivity contribution >= 4 is 0 Å². The number of aliphatic hydroxyl groups excluding tert-OH is 1. The fourth-order valence-corrected chi connectivity index (χ4v) is 1.58. The molecule has 12 heavy (non-hydrogen) atoms. The molecule has 3 N–H and O–H groups in total. The molecule has 3 nitrogen and oxygen atoms in total. The van der Waals surface area contributed by atoms with E-state index in [-0.39, 0.29) is 12.6 Å². The van der Waals surface area contributed by atoms with E-state index in [4.69, 9.17) is 15.6 Å². The maximum Gasteiger partial charge on any atom is 0.0582 e. The lowest BCUT2D eigenvalue weighted by atomic mass is 9.93. The summed E-state index contributed by atoms with van der Waals surface area (Å²) in [6.45, 7) is 1.92. The van der Waals surface area contributed by atoms with Crippen LogP contribution in [0.4, 0.5) is 0 Å². The Balaban J connectivity index is 2.05. The van der Waals surface area contributed by atoms with Crippen LogP contribution in [0.15, 0.2) is 0 Å². The molecule has 1 unspecified atom stereocenters. The third-order valence-corrected chi connectivity index (χ3v) is 2.52. The maximum absolute atomic E-state index is 8.71. The quantitative estimate of drug-likeness (QED) is 0.651. The molecule has 1 heterocycles. The maximum atomic E-state index is 8.71. The minimum atomic E-state index is -0.0205. The minimum absolute atomic E-state index is 0.0205. The Morgan fingerprint density at radius 2 is 2.08 bits per heavy atom. The molecule has 0 aromatic rings. The molecule has 3 heteroatoms. The van der Waals surface area contributed by atoms with Crippen molar-refractivity contribution in [3.05, 3.63) is 0 Å². The average molecular weight is 173 g/mol. The van der Waals surface area contributed by atoms with Gasteiger partial charge in [0, 0.05) is 19.3 Å². The molecule has 1 saturated heterocycles. The van der Waals surface area contributed by atoms with Crippen molar-refractivity contribution in [3.63, 3.8) is 0 Å². The zero-order valence-electron chi connectivity index (χ0n) is 7.54. The summed E-state index contributed by atoms with van der Waals surface area (Å²) in [6, 6.07) is -0.0205. The first-order chi connectivity index (χ1) is 5.83. The van der Waals surface area contributed by atoms with Crippen molar-refractivity contribution in [3.8, 4) is 0 Å². The van der Waals surface area contributed by atoms with Gasteiger partial charge in [0.25, 0.3) is 0 Å². The summed E-state index contributed by atoms with van der Waals surface area (Å²) in [6.07, 6.45) is 4.42. The second-order valence-corrected chi connectivity index (χ2v) is 3.58. The summed E-state index contributed by atoms with van der Waals surface area (Å²) >= 11 is 0. The van der Waals surface area contributed by atoms with Crippen molar-refractivity contribution in [1.82, 2.24) is 0 Å². The van der Waals surface area contributed by atoms with Gasteiger partial charge in [0.05, 0.1) is 6.61 Å². The summed E-state index contributed by atoms with van der Waals surface area (Å²) in [4.78, 5) is 0. The first-order valence-corrected chi connectivity index (χ1v) is 4.77. The standard InChI is InChI=1S/C9H19NO2/c10-9(7-11)2-1-8-3-5-12-6-4-8/h8-9,11H,1-7,10H2. The third kappa shape index (κ3) is 3.52. The van der Waals surface area contributed by atoms with Crippen LogP contribution in [0.2, 0.25) is 0 Å². The average Bonchev–Trinajstić information content (AvgIpc) is 2.16. The van der Waals surface area contributed by atoms with E-state index in [2.05, 4.69) is 0 Å². The fraction of sp³-hybridized carbons (Fsp3) is 1.00. The van der Waals surface area contributed by atoms with E-state index < -0.39 is 0 Å². The van der Waals surface area contributed by atoms with Gasteiger partial charge in [-0.3, -0.25) is 0 Å². The Labute approximate surface area is 73.9 Å². The SMILES string of the molecule is NC(CO)CCC1CCOCC1. The number of nitrogens with two attached hydrogens (primary N) is 1. The number of rotatable bonds is 4. The van der Waals surface area contributed by atoms with Crippen molar-refractivity contribution in [2.45, 2.75) is 31.7 Å². The first-order valence-electron chi connectivity index (χ1n) is 4.77. The summed E-state index contributed by atoms with van der Waals surface area (Å²) < 4.78 is 5.25. The molecule has 1 fully saturated rings. The van der Waals surface area contributed by atoms with Crippen LogP contribution in [0, 0.1) is 5.92 Å². The number of hydrogen-bond donors (Lipinski definition) is 2. The molecule has 1 aliphatic rings. The summed E-state index contributed by atoms with van der Waals surface area (Å²) in [5.41, 5.74) is 5.61. The van der Waals surface area contributed by atoms with Gasteiger partial charge in [-0.1, -0.05) is 0 Å². The lowest BCUT2D eigenvalue weighted by Gasteiger charge is -2.22. The smallest absolute Gasteiger partial charge is 0.0582 e. The largest absolute Gasteiger partial charge is 0.395 e. The van der Waals surface area contributed by atoms with E-state index in [1.54, 1.807) is 0 Å². The zero-order chi connectivity index (χ0) is 8.81. The van der Waals surface area contributed by atoms with Crippen LogP contribution in [0.25, 0.3) is 0 Å². The molecule has 0 amide bonds. The van der Waals surface area contributed by atoms with Gasteiger partial charge in [-0.15, -0.1) is 0 Å². The van der Waals surface area contributed by atoms with E-state index in [0.29, 0.717) is 0 Å². The molecule has 1 aliphatic heterocycles. The van der Waals surface area contributed by atoms with Crippen molar-refractivity contribution in [2.24, 2.45) is 11.7 Å². The fourth-order valence-electron chi connectivity index (χ4n) is 1.58. The van der Waals surface area contributed by atoms with E-state index >= 15 is 0 Å². The number of hydrogen-bond acceptors (Lipinski definition) is 3. The molecule has 0 bridgehead atoms. The van der Waals surface area contributed by atoms with Gasteiger partial charge in [0.15, 0.2) is 0 Å². The third-order valence-electron chi connectivity index (χ3n) is 2.52. The molecule has 72 valence electrons. The molecular formula is C9H19NO2. The molecule has 0 aromatic carbocycles. The Hall–Kier alpha value is -0.120. The Morgan fingerprint density at radius 3 is 2.67 bits per heavy atom. The van der Waals surface area contributed by atoms with Crippen LogP contribution < -0.4 is 5.73 Å². The Kier molecular flexibility index (Phi) is 4.58. The molecule has 0 spiro atoms. The minimum Gasteiger partial charge on any atom is -0.395 e. The summed E-state index contributed by atoms with van der Waals surface area (Å²) in [5, 5.41) is 8.71. The van der Waals surface area contributed by atoms with Gasteiger partial charge in [0.1, 0.15) is 0 Å². The number of aliphatic hydroxyl groups is 1. The molecule has 0 aromatic heterocycles. The molecule has 1 rings (SSSR count). The van der Waals surface area contributed by atoms with Crippen molar-refractivity contribution in [1.29, 1.82) is 0 Å². The van der Waals surface area contributed by atoms with Crippen LogP contribution in [0.1, 0.15) is 25.7 Å². The molecule has 0 aliphatic carbocycles. The van der Waals surface area contributed by atoms with Crippen LogP contribution in [-0.4, -0.2) is 31.0 Å². The Bertz CT molecular complexity index is 113. The summed E-state index contributed by atoms with van der Waals surface area (Å²) in [5.74, 6) is 0.774. The van der Waals surface area contributed by atoms with Crippen molar-refractivity contribution in [2.75, 3.05) is 19.8 Å². The monoisotopic (exact) mass is 173 g/mol. The number of ether oxygens (including phenoxy) is 1. The summed E-state index contributed by atoms with van der Waals surface area (Å²) in [7, 11) is 0. The van der Waals surface area contributed by atoms with Gasteiger partial charge in [-0.05, 0) is 31.6 Å². The van der Waals surface area contributed by atoms with E-state index in [1.807, 2.05) is 0 Å². The van der Waals surface area contributed by atoms with Gasteiger partial charge in [-0.25, -0.2) is 0 Å². The van der Waals surface area contributed by atoms with Crippen molar-refractivity contribution < 1.29 is 9.84 Å². The van der Waals surface area contributed by atoms with Gasteiger partial charge in [-0.2, -0.15) is 0 Å². The van der Waals surface area contributed by atoms with Gasteiger partial charge >= 0.3 is 0 Å². The van der Waals surface area contributed by atoms with E-state index in [0.717, 1.165) is 44.8 Å². The highest BCUT2D eigenvalue weighted by Gasteiger charge is 2.14. The topological polar surface area (TPSA) is 55.5 Å². The van der Waals surface area contributed by atoms with E-state index in [1.165, 1.54) is 0 Å². The lowest BCUT2D eigenvalue weighted by molar-refractivity contribution is 0.0621. The van der Waals surface area contributed by atoms with Crippen LogP contribution >= 0.6 is 0 Å².